The van der Waals surface area contributed by atoms with E-state index in [1.54, 1.807) is 23.1 Å². The topological polar surface area (TPSA) is 104 Å². The predicted molar refractivity (Wildman–Crippen MR) is 99.4 cm³/mol. The molecule has 0 unspecified atom stereocenters. The third-order valence-corrected chi connectivity index (χ3v) is 6.19. The average molecular weight is 386 g/mol. The Morgan fingerprint density at radius 3 is 2.59 bits per heavy atom. The first-order valence-electron chi connectivity index (χ1n) is 8.66. The maximum Gasteiger partial charge on any atom is 0.335 e. The average Bonchev–Trinajstić information content (AvgIpc) is 3.41. The summed E-state index contributed by atoms with van der Waals surface area (Å²) in [5.74, 6) is -0.909. The molecule has 0 aromatic heterocycles. The van der Waals surface area contributed by atoms with Gasteiger partial charge in [0.2, 0.25) is 5.91 Å². The smallest absolute Gasteiger partial charge is 0.335 e. The SMILES string of the molecule is O=C(O)c1cccc(S(=O)(=O)Nc2ccc3c(c2)CCN3C(=O)C2CC2)c1. The van der Waals surface area contributed by atoms with E-state index in [1.165, 1.54) is 18.2 Å². The maximum absolute atomic E-state index is 12.6. The highest BCUT2D eigenvalue weighted by Crippen LogP contribution is 2.37. The number of carbonyl (C=O) groups is 2. The van der Waals surface area contributed by atoms with Crippen molar-refractivity contribution in [2.24, 2.45) is 5.92 Å². The summed E-state index contributed by atoms with van der Waals surface area (Å²) in [7, 11) is -3.91. The van der Waals surface area contributed by atoms with Gasteiger partial charge in [0.15, 0.2) is 0 Å². The van der Waals surface area contributed by atoms with Crippen molar-refractivity contribution >= 4 is 33.3 Å². The molecular formula is C19H18N2O5S. The Balaban J connectivity index is 1.57. The molecule has 27 heavy (non-hydrogen) atoms. The van der Waals surface area contributed by atoms with Crippen LogP contribution < -0.4 is 9.62 Å². The van der Waals surface area contributed by atoms with E-state index in [9.17, 15) is 18.0 Å². The van der Waals surface area contributed by atoms with Gasteiger partial charge in [-0.3, -0.25) is 9.52 Å². The van der Waals surface area contributed by atoms with Gasteiger partial charge in [-0.15, -0.1) is 0 Å². The number of aromatic carboxylic acids is 1. The third-order valence-electron chi connectivity index (χ3n) is 4.81. The van der Waals surface area contributed by atoms with Crippen LogP contribution in [0.25, 0.3) is 0 Å². The predicted octanol–water partition coefficient (Wildman–Crippen LogP) is 2.48. The van der Waals surface area contributed by atoms with Crippen LogP contribution in [0.2, 0.25) is 0 Å². The van der Waals surface area contributed by atoms with E-state index in [4.69, 9.17) is 5.11 Å². The minimum absolute atomic E-state index is 0.0962. The molecule has 2 aliphatic rings. The standard InChI is InChI=1S/C19H18N2O5S/c22-18(12-4-5-12)21-9-8-13-10-15(6-7-17(13)21)20-27(25,26)16-3-1-2-14(11-16)19(23)24/h1-3,6-7,10-12,20H,4-5,8-9H2,(H,23,24). The highest BCUT2D eigenvalue weighted by molar-refractivity contribution is 7.92. The molecule has 1 aliphatic carbocycles. The fraction of sp³-hybridized carbons (Fsp3) is 0.263. The van der Waals surface area contributed by atoms with Crippen LogP contribution in [0.5, 0.6) is 0 Å². The lowest BCUT2D eigenvalue weighted by molar-refractivity contribution is -0.119. The summed E-state index contributed by atoms with van der Waals surface area (Å²) < 4.78 is 27.6. The fourth-order valence-electron chi connectivity index (χ4n) is 3.26. The van der Waals surface area contributed by atoms with Gasteiger partial charge in [0.25, 0.3) is 10.0 Å². The normalized spacial score (nSPS) is 16.1. The number of benzene rings is 2. The van der Waals surface area contributed by atoms with E-state index in [0.29, 0.717) is 18.7 Å². The van der Waals surface area contributed by atoms with Crippen molar-refractivity contribution in [1.82, 2.24) is 0 Å². The van der Waals surface area contributed by atoms with E-state index < -0.39 is 16.0 Å². The first-order chi connectivity index (χ1) is 12.8. The lowest BCUT2D eigenvalue weighted by atomic mass is 10.1. The second-order valence-electron chi connectivity index (χ2n) is 6.80. The number of hydrogen-bond acceptors (Lipinski definition) is 4. The number of fused-ring (bicyclic) bond motifs is 1. The monoisotopic (exact) mass is 386 g/mol. The number of amides is 1. The minimum Gasteiger partial charge on any atom is -0.478 e. The van der Waals surface area contributed by atoms with E-state index in [0.717, 1.165) is 30.2 Å². The van der Waals surface area contributed by atoms with Gasteiger partial charge in [-0.25, -0.2) is 13.2 Å². The molecule has 1 saturated carbocycles. The second-order valence-corrected chi connectivity index (χ2v) is 8.48. The van der Waals surface area contributed by atoms with Crippen LogP contribution in [-0.4, -0.2) is 31.9 Å². The molecule has 2 N–H and O–H groups in total. The number of hydrogen-bond donors (Lipinski definition) is 2. The molecule has 4 rings (SSSR count). The summed E-state index contributed by atoms with van der Waals surface area (Å²) in [6, 6.07) is 10.3. The number of carboxylic acid groups (broad SMARTS) is 1. The molecule has 1 amide bonds. The van der Waals surface area contributed by atoms with Gasteiger partial charge in [0.05, 0.1) is 10.5 Å². The van der Waals surface area contributed by atoms with Crippen LogP contribution >= 0.6 is 0 Å². The quantitative estimate of drug-likeness (QED) is 0.822. The molecule has 1 aliphatic heterocycles. The van der Waals surface area contributed by atoms with Crippen molar-refractivity contribution in [2.45, 2.75) is 24.2 Å². The van der Waals surface area contributed by atoms with Gasteiger partial charge in [-0.1, -0.05) is 6.07 Å². The first-order valence-corrected chi connectivity index (χ1v) is 10.1. The second kappa shape index (κ2) is 6.38. The van der Waals surface area contributed by atoms with Crippen LogP contribution in [0.3, 0.4) is 0 Å². The summed E-state index contributed by atoms with van der Waals surface area (Å²) in [6.07, 6.45) is 2.56. The van der Waals surface area contributed by atoms with Crippen LogP contribution in [0, 0.1) is 5.92 Å². The van der Waals surface area contributed by atoms with Crippen molar-refractivity contribution in [3.8, 4) is 0 Å². The molecule has 1 fully saturated rings. The zero-order valence-electron chi connectivity index (χ0n) is 14.4. The van der Waals surface area contributed by atoms with Crippen molar-refractivity contribution in [1.29, 1.82) is 0 Å². The molecule has 0 atom stereocenters. The largest absolute Gasteiger partial charge is 0.478 e. The van der Waals surface area contributed by atoms with E-state index in [2.05, 4.69) is 4.72 Å². The molecule has 0 saturated heterocycles. The molecule has 0 bridgehead atoms. The van der Waals surface area contributed by atoms with E-state index >= 15 is 0 Å². The molecule has 140 valence electrons. The van der Waals surface area contributed by atoms with Gasteiger partial charge in [0, 0.05) is 23.8 Å². The molecule has 0 radical (unpaired) electrons. The Morgan fingerprint density at radius 1 is 1.11 bits per heavy atom. The molecule has 7 nitrogen and oxygen atoms in total. The van der Waals surface area contributed by atoms with Gasteiger partial charge in [0.1, 0.15) is 0 Å². The Hall–Kier alpha value is -2.87. The van der Waals surface area contributed by atoms with Gasteiger partial charge in [-0.05, 0) is 61.2 Å². The van der Waals surface area contributed by atoms with Crippen LogP contribution in [-0.2, 0) is 21.2 Å². The number of nitrogens with zero attached hydrogens (tertiary/aromatic N) is 1. The number of rotatable bonds is 5. The number of anilines is 2. The Kier molecular flexibility index (Phi) is 4.15. The fourth-order valence-corrected chi connectivity index (χ4v) is 4.35. The van der Waals surface area contributed by atoms with Gasteiger partial charge >= 0.3 is 5.97 Å². The van der Waals surface area contributed by atoms with Crippen molar-refractivity contribution in [2.75, 3.05) is 16.2 Å². The third kappa shape index (κ3) is 3.40. The Morgan fingerprint density at radius 2 is 1.89 bits per heavy atom. The Bertz CT molecular complexity index is 1040. The number of carbonyl (C=O) groups excluding carboxylic acids is 1. The van der Waals surface area contributed by atoms with Crippen molar-refractivity contribution in [3.63, 3.8) is 0 Å². The Labute approximate surface area is 156 Å². The number of sulfonamides is 1. The van der Waals surface area contributed by atoms with Crippen LogP contribution in [0.1, 0.15) is 28.8 Å². The maximum atomic E-state index is 12.6. The summed E-state index contributed by atoms with van der Waals surface area (Å²) in [6.45, 7) is 0.613. The van der Waals surface area contributed by atoms with Gasteiger partial charge < -0.3 is 10.0 Å². The lowest BCUT2D eigenvalue weighted by Crippen LogP contribution is -2.30. The van der Waals surface area contributed by atoms with Crippen LogP contribution in [0.15, 0.2) is 47.4 Å². The number of carboxylic acids is 1. The highest BCUT2D eigenvalue weighted by atomic mass is 32.2. The van der Waals surface area contributed by atoms with Gasteiger partial charge in [-0.2, -0.15) is 0 Å². The molecule has 8 heteroatoms. The summed E-state index contributed by atoms with van der Waals surface area (Å²) in [5, 5.41) is 9.04. The molecular weight excluding hydrogens is 368 g/mol. The summed E-state index contributed by atoms with van der Waals surface area (Å²) >= 11 is 0. The van der Waals surface area contributed by atoms with Crippen molar-refractivity contribution in [3.05, 3.63) is 53.6 Å². The molecule has 2 aromatic carbocycles. The summed E-state index contributed by atoms with van der Waals surface area (Å²) in [4.78, 5) is 25.0. The lowest BCUT2D eigenvalue weighted by Gasteiger charge is -2.17. The van der Waals surface area contributed by atoms with E-state index in [1.807, 2.05) is 0 Å². The van der Waals surface area contributed by atoms with E-state index in [-0.39, 0.29) is 22.3 Å². The highest BCUT2D eigenvalue weighted by Gasteiger charge is 2.36. The first kappa shape index (κ1) is 17.5. The van der Waals surface area contributed by atoms with Crippen LogP contribution in [0.4, 0.5) is 11.4 Å². The zero-order valence-corrected chi connectivity index (χ0v) is 15.2. The summed E-state index contributed by atoms with van der Waals surface area (Å²) in [5.41, 5.74) is 2.04. The number of nitrogens with one attached hydrogen (secondary N) is 1. The minimum atomic E-state index is -3.91. The molecule has 0 spiro atoms. The molecule has 2 aromatic rings. The zero-order chi connectivity index (χ0) is 19.2. The van der Waals surface area contributed by atoms with Crippen molar-refractivity contribution < 1.29 is 23.1 Å². The molecule has 1 heterocycles.